The van der Waals surface area contributed by atoms with E-state index in [0.29, 0.717) is 5.92 Å². The van der Waals surface area contributed by atoms with Crippen LogP contribution in [0.15, 0.2) is 24.3 Å². The first kappa shape index (κ1) is 11.6. The third-order valence-electron chi connectivity index (χ3n) is 3.36. The highest BCUT2D eigenvalue weighted by Gasteiger charge is 2.30. The molecular formula is C13H19NO2. The van der Waals surface area contributed by atoms with Crippen LogP contribution in [0.4, 0.5) is 0 Å². The van der Waals surface area contributed by atoms with Gasteiger partial charge in [0.15, 0.2) is 0 Å². The summed E-state index contributed by atoms with van der Waals surface area (Å²) in [5.41, 5.74) is 2.68. The SMILES string of the molecule is CC1Cc2ccccc2C1NC(CO)CO. The van der Waals surface area contributed by atoms with Gasteiger partial charge in [-0.05, 0) is 23.5 Å². The van der Waals surface area contributed by atoms with Crippen molar-refractivity contribution in [2.45, 2.75) is 25.4 Å². The summed E-state index contributed by atoms with van der Waals surface area (Å²) in [6.07, 6.45) is 1.07. The first-order valence-electron chi connectivity index (χ1n) is 5.81. The first-order valence-corrected chi connectivity index (χ1v) is 5.81. The lowest BCUT2D eigenvalue weighted by Gasteiger charge is -2.23. The third kappa shape index (κ3) is 2.12. The number of hydrogen-bond donors (Lipinski definition) is 3. The Bertz CT molecular complexity index is 350. The van der Waals surface area contributed by atoms with E-state index in [1.807, 2.05) is 6.07 Å². The maximum atomic E-state index is 9.10. The van der Waals surface area contributed by atoms with Crippen LogP contribution in [0.1, 0.15) is 24.1 Å². The van der Waals surface area contributed by atoms with Gasteiger partial charge in [-0.2, -0.15) is 0 Å². The van der Waals surface area contributed by atoms with Crippen molar-refractivity contribution in [1.82, 2.24) is 5.32 Å². The summed E-state index contributed by atoms with van der Waals surface area (Å²) in [6, 6.07) is 8.41. The van der Waals surface area contributed by atoms with Gasteiger partial charge in [0.05, 0.1) is 19.3 Å². The molecule has 0 bridgehead atoms. The van der Waals surface area contributed by atoms with Crippen molar-refractivity contribution in [3.05, 3.63) is 35.4 Å². The average Bonchev–Trinajstić information content (AvgIpc) is 2.62. The molecule has 1 aliphatic carbocycles. The summed E-state index contributed by atoms with van der Waals surface area (Å²) >= 11 is 0. The Morgan fingerprint density at radius 1 is 1.31 bits per heavy atom. The molecule has 3 nitrogen and oxygen atoms in total. The van der Waals surface area contributed by atoms with Crippen LogP contribution in [0.25, 0.3) is 0 Å². The lowest BCUT2D eigenvalue weighted by Crippen LogP contribution is -2.39. The van der Waals surface area contributed by atoms with Gasteiger partial charge in [0.2, 0.25) is 0 Å². The van der Waals surface area contributed by atoms with Crippen LogP contribution in [-0.2, 0) is 6.42 Å². The van der Waals surface area contributed by atoms with Gasteiger partial charge in [0.1, 0.15) is 0 Å². The third-order valence-corrected chi connectivity index (χ3v) is 3.36. The summed E-state index contributed by atoms with van der Waals surface area (Å²) in [6.45, 7) is 2.15. The Labute approximate surface area is 96.1 Å². The summed E-state index contributed by atoms with van der Waals surface area (Å²) in [7, 11) is 0. The molecule has 88 valence electrons. The van der Waals surface area contributed by atoms with Gasteiger partial charge in [-0.3, -0.25) is 0 Å². The summed E-state index contributed by atoms with van der Waals surface area (Å²) in [4.78, 5) is 0. The van der Waals surface area contributed by atoms with Crippen LogP contribution in [0, 0.1) is 5.92 Å². The van der Waals surface area contributed by atoms with Gasteiger partial charge in [0, 0.05) is 6.04 Å². The smallest absolute Gasteiger partial charge is 0.0607 e. The monoisotopic (exact) mass is 221 g/mol. The highest BCUT2D eigenvalue weighted by Crippen LogP contribution is 2.35. The van der Waals surface area contributed by atoms with Crippen molar-refractivity contribution in [2.24, 2.45) is 5.92 Å². The van der Waals surface area contributed by atoms with Crippen LogP contribution < -0.4 is 5.32 Å². The molecule has 1 aromatic rings. The number of aliphatic hydroxyl groups excluding tert-OH is 2. The quantitative estimate of drug-likeness (QED) is 0.707. The fraction of sp³-hybridized carbons (Fsp3) is 0.538. The summed E-state index contributed by atoms with van der Waals surface area (Å²) < 4.78 is 0. The van der Waals surface area contributed by atoms with Crippen molar-refractivity contribution >= 4 is 0 Å². The Hall–Kier alpha value is -0.900. The molecule has 0 radical (unpaired) electrons. The normalized spacial score (nSPS) is 23.8. The van der Waals surface area contributed by atoms with Gasteiger partial charge < -0.3 is 15.5 Å². The maximum absolute atomic E-state index is 9.10. The van der Waals surface area contributed by atoms with Gasteiger partial charge in [0.25, 0.3) is 0 Å². The molecule has 0 fully saturated rings. The minimum absolute atomic E-state index is 0.0259. The van der Waals surface area contributed by atoms with Crippen molar-refractivity contribution in [2.75, 3.05) is 13.2 Å². The van der Waals surface area contributed by atoms with E-state index in [0.717, 1.165) is 6.42 Å². The van der Waals surface area contributed by atoms with E-state index in [-0.39, 0.29) is 25.3 Å². The van der Waals surface area contributed by atoms with Crippen LogP contribution in [-0.4, -0.2) is 29.5 Å². The molecule has 1 aliphatic rings. The number of benzene rings is 1. The molecule has 0 heterocycles. The van der Waals surface area contributed by atoms with E-state index < -0.39 is 0 Å². The molecule has 2 rings (SSSR count). The topological polar surface area (TPSA) is 52.5 Å². The van der Waals surface area contributed by atoms with Crippen molar-refractivity contribution in [3.8, 4) is 0 Å². The fourth-order valence-corrected chi connectivity index (χ4v) is 2.47. The van der Waals surface area contributed by atoms with E-state index in [4.69, 9.17) is 10.2 Å². The molecule has 0 spiro atoms. The molecule has 3 heteroatoms. The predicted molar refractivity (Wildman–Crippen MR) is 63.1 cm³/mol. The molecule has 2 unspecified atom stereocenters. The van der Waals surface area contributed by atoms with Crippen molar-refractivity contribution in [3.63, 3.8) is 0 Å². The summed E-state index contributed by atoms with van der Waals surface area (Å²) in [5.74, 6) is 0.512. The Morgan fingerprint density at radius 2 is 2.00 bits per heavy atom. The molecule has 16 heavy (non-hydrogen) atoms. The molecule has 0 amide bonds. The largest absolute Gasteiger partial charge is 0.395 e. The van der Waals surface area contributed by atoms with E-state index in [9.17, 15) is 0 Å². The molecule has 1 aromatic carbocycles. The average molecular weight is 221 g/mol. The van der Waals surface area contributed by atoms with E-state index in [1.165, 1.54) is 11.1 Å². The maximum Gasteiger partial charge on any atom is 0.0607 e. The Kier molecular flexibility index (Phi) is 3.59. The van der Waals surface area contributed by atoms with Gasteiger partial charge in [-0.25, -0.2) is 0 Å². The number of fused-ring (bicyclic) bond motifs is 1. The highest BCUT2D eigenvalue weighted by atomic mass is 16.3. The second-order valence-corrected chi connectivity index (χ2v) is 4.59. The highest BCUT2D eigenvalue weighted by molar-refractivity contribution is 5.35. The van der Waals surface area contributed by atoms with E-state index in [1.54, 1.807) is 0 Å². The fourth-order valence-electron chi connectivity index (χ4n) is 2.47. The molecule has 0 aliphatic heterocycles. The molecule has 3 N–H and O–H groups in total. The Balaban J connectivity index is 2.15. The van der Waals surface area contributed by atoms with Gasteiger partial charge in [-0.15, -0.1) is 0 Å². The summed E-state index contributed by atoms with van der Waals surface area (Å²) in [5, 5.41) is 21.5. The minimum Gasteiger partial charge on any atom is -0.395 e. The van der Waals surface area contributed by atoms with Crippen LogP contribution in [0.2, 0.25) is 0 Å². The second-order valence-electron chi connectivity index (χ2n) is 4.59. The lowest BCUT2D eigenvalue weighted by atomic mass is 10.0. The second kappa shape index (κ2) is 4.95. The van der Waals surface area contributed by atoms with Crippen LogP contribution in [0.5, 0.6) is 0 Å². The molecule has 0 aromatic heterocycles. The Morgan fingerprint density at radius 3 is 2.69 bits per heavy atom. The van der Waals surface area contributed by atoms with E-state index >= 15 is 0 Å². The lowest BCUT2D eigenvalue weighted by molar-refractivity contribution is 0.155. The molecular weight excluding hydrogens is 202 g/mol. The zero-order chi connectivity index (χ0) is 11.5. The van der Waals surface area contributed by atoms with Crippen molar-refractivity contribution < 1.29 is 10.2 Å². The standard InChI is InChI=1S/C13H19NO2/c1-9-6-10-4-2-3-5-12(10)13(9)14-11(7-15)8-16/h2-5,9,11,13-16H,6-8H2,1H3. The van der Waals surface area contributed by atoms with Gasteiger partial charge in [-0.1, -0.05) is 31.2 Å². The molecule has 0 saturated heterocycles. The number of nitrogens with one attached hydrogen (secondary N) is 1. The predicted octanol–water partition coefficient (Wildman–Crippen LogP) is 0.863. The van der Waals surface area contributed by atoms with Crippen molar-refractivity contribution in [1.29, 1.82) is 0 Å². The van der Waals surface area contributed by atoms with Crippen LogP contribution >= 0.6 is 0 Å². The number of rotatable bonds is 4. The van der Waals surface area contributed by atoms with Gasteiger partial charge >= 0.3 is 0 Å². The molecule has 2 atom stereocenters. The zero-order valence-corrected chi connectivity index (χ0v) is 9.56. The van der Waals surface area contributed by atoms with E-state index in [2.05, 4.69) is 30.4 Å². The first-order chi connectivity index (χ1) is 7.76. The van der Waals surface area contributed by atoms with Crippen LogP contribution in [0.3, 0.4) is 0 Å². The number of hydrogen-bond acceptors (Lipinski definition) is 3. The minimum atomic E-state index is -0.224. The zero-order valence-electron chi connectivity index (χ0n) is 9.56. The molecule has 0 saturated carbocycles. The number of aliphatic hydroxyl groups is 2.